The van der Waals surface area contributed by atoms with Crippen LogP contribution in [0.2, 0.25) is 15.1 Å². The Morgan fingerprint density at radius 1 is 0.971 bits per heavy atom. The van der Waals surface area contributed by atoms with Gasteiger partial charge in [-0.3, -0.25) is 9.10 Å². The molecule has 3 aromatic carbocycles. The summed E-state index contributed by atoms with van der Waals surface area (Å²) in [5.41, 5.74) is 2.14. The molecular formula is C24H23Cl3N2O3S2. The first-order chi connectivity index (χ1) is 16.2. The molecule has 0 fully saturated rings. The summed E-state index contributed by atoms with van der Waals surface area (Å²) < 4.78 is 27.8. The van der Waals surface area contributed by atoms with Crippen molar-refractivity contribution in [3.63, 3.8) is 0 Å². The lowest BCUT2D eigenvalue weighted by Crippen LogP contribution is -2.41. The average Bonchev–Trinajstić information content (AvgIpc) is 2.79. The molecule has 0 aliphatic carbocycles. The van der Waals surface area contributed by atoms with E-state index in [1.807, 2.05) is 13.0 Å². The Bertz CT molecular complexity index is 1230. The van der Waals surface area contributed by atoms with Crippen LogP contribution in [0.25, 0.3) is 0 Å². The van der Waals surface area contributed by atoms with Crippen molar-refractivity contribution < 1.29 is 13.2 Å². The third-order valence-electron chi connectivity index (χ3n) is 4.86. The quantitative estimate of drug-likeness (QED) is 0.301. The molecule has 0 aliphatic heterocycles. The number of thioether (sulfide) groups is 1. The third-order valence-corrected chi connectivity index (χ3v) is 8.59. The predicted octanol–water partition coefficient (Wildman–Crippen LogP) is 6.20. The summed E-state index contributed by atoms with van der Waals surface area (Å²) in [5.74, 6) is 0.812. The number of halogens is 3. The third kappa shape index (κ3) is 7.06. The Kier molecular flexibility index (Phi) is 9.56. The van der Waals surface area contributed by atoms with E-state index < -0.39 is 15.9 Å². The number of anilines is 1. The zero-order valence-corrected chi connectivity index (χ0v) is 22.2. The SMILES string of the molecule is Cc1cccc(N(CC(=O)NCCSCc2c(Cl)cccc2Cl)S(=O)(=O)c2ccc(Cl)cc2)c1. The number of hydrogen-bond acceptors (Lipinski definition) is 4. The van der Waals surface area contributed by atoms with Crippen LogP contribution >= 0.6 is 46.6 Å². The molecule has 0 heterocycles. The minimum atomic E-state index is -3.98. The molecule has 10 heteroatoms. The lowest BCUT2D eigenvalue weighted by atomic mass is 10.2. The molecule has 0 radical (unpaired) electrons. The number of carbonyl (C=O) groups excluding carboxylic acids is 1. The van der Waals surface area contributed by atoms with E-state index in [1.54, 1.807) is 48.2 Å². The van der Waals surface area contributed by atoms with E-state index in [-0.39, 0.29) is 11.4 Å². The van der Waals surface area contributed by atoms with E-state index in [2.05, 4.69) is 5.32 Å². The molecule has 0 saturated carbocycles. The number of rotatable bonds is 10. The van der Waals surface area contributed by atoms with Crippen LogP contribution in [-0.2, 0) is 20.6 Å². The first kappa shape index (κ1) is 26.7. The normalized spacial score (nSPS) is 11.3. The van der Waals surface area contributed by atoms with Crippen LogP contribution in [0.5, 0.6) is 0 Å². The van der Waals surface area contributed by atoms with Crippen LogP contribution in [-0.4, -0.2) is 33.2 Å². The molecule has 0 atom stereocenters. The molecule has 3 aromatic rings. The van der Waals surface area contributed by atoms with Crippen molar-refractivity contribution in [2.45, 2.75) is 17.6 Å². The van der Waals surface area contributed by atoms with Crippen LogP contribution in [0.15, 0.2) is 71.6 Å². The summed E-state index contributed by atoms with van der Waals surface area (Å²) >= 11 is 19.9. The van der Waals surface area contributed by atoms with Crippen molar-refractivity contribution >= 4 is 68.2 Å². The Balaban J connectivity index is 1.65. The maximum Gasteiger partial charge on any atom is 0.264 e. The number of nitrogens with zero attached hydrogens (tertiary/aromatic N) is 1. The fourth-order valence-electron chi connectivity index (χ4n) is 3.13. The van der Waals surface area contributed by atoms with E-state index in [0.717, 1.165) is 15.4 Å². The van der Waals surface area contributed by atoms with Crippen LogP contribution < -0.4 is 9.62 Å². The fraction of sp³-hybridized carbons (Fsp3) is 0.208. The summed E-state index contributed by atoms with van der Waals surface area (Å²) in [7, 11) is -3.98. The van der Waals surface area contributed by atoms with Crippen molar-refractivity contribution in [1.29, 1.82) is 0 Å². The maximum absolute atomic E-state index is 13.4. The number of sulfonamides is 1. The second kappa shape index (κ2) is 12.2. The molecule has 34 heavy (non-hydrogen) atoms. The van der Waals surface area contributed by atoms with E-state index >= 15 is 0 Å². The van der Waals surface area contributed by atoms with Crippen molar-refractivity contribution in [2.75, 3.05) is 23.1 Å². The first-order valence-electron chi connectivity index (χ1n) is 10.3. The van der Waals surface area contributed by atoms with E-state index in [4.69, 9.17) is 34.8 Å². The van der Waals surface area contributed by atoms with Crippen LogP contribution in [0.1, 0.15) is 11.1 Å². The van der Waals surface area contributed by atoms with Gasteiger partial charge in [0.05, 0.1) is 10.6 Å². The summed E-state index contributed by atoms with van der Waals surface area (Å²) in [4.78, 5) is 12.7. The van der Waals surface area contributed by atoms with Gasteiger partial charge in [0.25, 0.3) is 10.0 Å². The van der Waals surface area contributed by atoms with Gasteiger partial charge in [0.1, 0.15) is 6.54 Å². The van der Waals surface area contributed by atoms with Crippen molar-refractivity contribution in [1.82, 2.24) is 5.32 Å². The van der Waals surface area contributed by atoms with Gasteiger partial charge in [0.15, 0.2) is 0 Å². The first-order valence-corrected chi connectivity index (χ1v) is 14.0. The van der Waals surface area contributed by atoms with Gasteiger partial charge in [-0.15, -0.1) is 0 Å². The van der Waals surface area contributed by atoms with Crippen molar-refractivity contribution in [3.05, 3.63) is 92.9 Å². The summed E-state index contributed by atoms with van der Waals surface area (Å²) in [6, 6.07) is 18.2. The zero-order valence-electron chi connectivity index (χ0n) is 18.3. The molecule has 1 N–H and O–H groups in total. The number of benzene rings is 3. The number of carbonyl (C=O) groups is 1. The maximum atomic E-state index is 13.4. The van der Waals surface area contributed by atoms with Gasteiger partial charge in [-0.1, -0.05) is 53.0 Å². The highest BCUT2D eigenvalue weighted by Crippen LogP contribution is 2.28. The summed E-state index contributed by atoms with van der Waals surface area (Å²) in [6.45, 7) is 1.88. The molecule has 0 aliphatic rings. The molecule has 0 aromatic heterocycles. The van der Waals surface area contributed by atoms with Crippen LogP contribution in [0, 0.1) is 6.92 Å². The number of hydrogen-bond donors (Lipinski definition) is 1. The van der Waals surface area contributed by atoms with E-state index in [1.165, 1.54) is 24.3 Å². The second-order valence-electron chi connectivity index (χ2n) is 7.41. The highest BCUT2D eigenvalue weighted by Gasteiger charge is 2.27. The summed E-state index contributed by atoms with van der Waals surface area (Å²) in [6.07, 6.45) is 0. The molecule has 180 valence electrons. The minimum Gasteiger partial charge on any atom is -0.354 e. The minimum absolute atomic E-state index is 0.0541. The molecule has 1 amide bonds. The Morgan fingerprint density at radius 2 is 1.62 bits per heavy atom. The predicted molar refractivity (Wildman–Crippen MR) is 143 cm³/mol. The van der Waals surface area contributed by atoms with Crippen LogP contribution in [0.4, 0.5) is 5.69 Å². The van der Waals surface area contributed by atoms with E-state index in [9.17, 15) is 13.2 Å². The van der Waals surface area contributed by atoms with Crippen molar-refractivity contribution in [3.8, 4) is 0 Å². The van der Waals surface area contributed by atoms with E-state index in [0.29, 0.717) is 38.8 Å². The average molecular weight is 558 g/mol. The highest BCUT2D eigenvalue weighted by molar-refractivity contribution is 7.98. The fourth-order valence-corrected chi connectivity index (χ4v) is 6.26. The molecule has 0 unspecified atom stereocenters. The Morgan fingerprint density at radius 3 is 2.26 bits per heavy atom. The number of amides is 1. The molecule has 0 saturated heterocycles. The number of nitrogens with one attached hydrogen (secondary N) is 1. The molecule has 0 bridgehead atoms. The topological polar surface area (TPSA) is 66.5 Å². The van der Waals surface area contributed by atoms with Gasteiger partial charge in [-0.05, 0) is 66.6 Å². The van der Waals surface area contributed by atoms with Gasteiger partial charge < -0.3 is 5.32 Å². The smallest absolute Gasteiger partial charge is 0.264 e. The van der Waals surface area contributed by atoms with Gasteiger partial charge in [0, 0.05) is 33.1 Å². The monoisotopic (exact) mass is 556 g/mol. The summed E-state index contributed by atoms with van der Waals surface area (Å²) in [5, 5.41) is 4.42. The Hall–Kier alpha value is -1.90. The second-order valence-corrected chi connectivity index (χ2v) is 11.6. The van der Waals surface area contributed by atoms with Gasteiger partial charge in [-0.2, -0.15) is 11.8 Å². The number of aryl methyl sites for hydroxylation is 1. The lowest BCUT2D eigenvalue weighted by molar-refractivity contribution is -0.119. The molecule has 5 nitrogen and oxygen atoms in total. The molecular weight excluding hydrogens is 535 g/mol. The molecule has 3 rings (SSSR count). The largest absolute Gasteiger partial charge is 0.354 e. The Labute approximate surface area is 219 Å². The van der Waals surface area contributed by atoms with Gasteiger partial charge >= 0.3 is 0 Å². The highest BCUT2D eigenvalue weighted by atomic mass is 35.5. The van der Waals surface area contributed by atoms with Crippen LogP contribution in [0.3, 0.4) is 0 Å². The lowest BCUT2D eigenvalue weighted by Gasteiger charge is -2.24. The van der Waals surface area contributed by atoms with Gasteiger partial charge in [-0.25, -0.2) is 8.42 Å². The van der Waals surface area contributed by atoms with Gasteiger partial charge in [0.2, 0.25) is 5.91 Å². The van der Waals surface area contributed by atoms with Crippen molar-refractivity contribution in [2.24, 2.45) is 0 Å². The molecule has 0 spiro atoms. The zero-order chi connectivity index (χ0) is 24.7. The standard InChI is InChI=1S/C24H23Cl3N2O3S2/c1-17-4-2-5-19(14-17)29(34(31,32)20-10-8-18(25)9-11-20)15-24(30)28-12-13-33-16-21-22(26)6-3-7-23(21)27/h2-11,14H,12-13,15-16H2,1H3,(H,28,30).